The molecule has 0 radical (unpaired) electrons. The minimum Gasteiger partial charge on any atom is -0.508 e. The highest BCUT2D eigenvalue weighted by molar-refractivity contribution is 7.13. The number of hydrogen-bond acceptors (Lipinski definition) is 4. The number of nitrogens with zero attached hydrogens (tertiary/aromatic N) is 2. The maximum atomic E-state index is 13.1. The summed E-state index contributed by atoms with van der Waals surface area (Å²) in [5.74, 6) is 0.454. The smallest absolute Gasteiger partial charge is 0.266 e. The molecule has 0 aliphatic carbocycles. The van der Waals surface area contributed by atoms with Crippen molar-refractivity contribution in [2.24, 2.45) is 0 Å². The number of carbonyl (C=O) groups excluding carboxylic acids is 1. The summed E-state index contributed by atoms with van der Waals surface area (Å²) < 4.78 is 0. The third-order valence-corrected chi connectivity index (χ3v) is 6.22. The number of amides is 1. The van der Waals surface area contributed by atoms with E-state index in [1.807, 2.05) is 19.1 Å². The van der Waals surface area contributed by atoms with Crippen LogP contribution in [0.25, 0.3) is 0 Å². The molecule has 1 aromatic heterocycles. The molecule has 134 valence electrons. The maximum absolute atomic E-state index is 13.1. The standard InChI is InChI=1S/C20H26N2O2S/c1-3-18-21-14(2)19(25-18)20(24)22-13-5-4-6-16(22)10-7-15-8-11-17(23)12-9-15/h8-9,11-12,16,23H,3-7,10,13H2,1-2H3/t16-/m1/s1. The van der Waals surface area contributed by atoms with Crippen LogP contribution in [0.15, 0.2) is 24.3 Å². The Labute approximate surface area is 153 Å². The van der Waals surface area contributed by atoms with Gasteiger partial charge in [-0.05, 0) is 63.1 Å². The lowest BCUT2D eigenvalue weighted by atomic mass is 9.95. The van der Waals surface area contributed by atoms with Crippen LogP contribution in [0.3, 0.4) is 0 Å². The predicted molar refractivity (Wildman–Crippen MR) is 101 cm³/mol. The van der Waals surface area contributed by atoms with Gasteiger partial charge in [-0.25, -0.2) is 4.98 Å². The van der Waals surface area contributed by atoms with Crippen LogP contribution >= 0.6 is 11.3 Å². The molecule has 1 fully saturated rings. The zero-order valence-electron chi connectivity index (χ0n) is 15.0. The van der Waals surface area contributed by atoms with Crippen molar-refractivity contribution in [1.82, 2.24) is 9.88 Å². The largest absolute Gasteiger partial charge is 0.508 e. The highest BCUT2D eigenvalue weighted by atomic mass is 32.1. The lowest BCUT2D eigenvalue weighted by molar-refractivity contribution is 0.0606. The molecular formula is C20H26N2O2S. The van der Waals surface area contributed by atoms with Crippen LogP contribution < -0.4 is 0 Å². The Kier molecular flexibility index (Phi) is 5.74. The number of aryl methyl sites for hydroxylation is 3. The molecule has 2 aromatic rings. The number of thiazole rings is 1. The van der Waals surface area contributed by atoms with E-state index >= 15 is 0 Å². The van der Waals surface area contributed by atoms with E-state index < -0.39 is 0 Å². The van der Waals surface area contributed by atoms with E-state index in [1.165, 1.54) is 12.0 Å². The Morgan fingerprint density at radius 2 is 2.08 bits per heavy atom. The summed E-state index contributed by atoms with van der Waals surface area (Å²) in [6, 6.07) is 7.68. The number of carbonyl (C=O) groups is 1. The van der Waals surface area contributed by atoms with Gasteiger partial charge in [-0.3, -0.25) is 4.79 Å². The lowest BCUT2D eigenvalue weighted by Crippen LogP contribution is -2.43. The van der Waals surface area contributed by atoms with Crippen molar-refractivity contribution in [2.45, 2.75) is 58.4 Å². The molecule has 4 nitrogen and oxygen atoms in total. The fourth-order valence-corrected chi connectivity index (χ4v) is 4.46. The number of rotatable bonds is 5. The van der Waals surface area contributed by atoms with E-state index in [-0.39, 0.29) is 5.91 Å². The Morgan fingerprint density at radius 3 is 2.76 bits per heavy atom. The topological polar surface area (TPSA) is 53.4 Å². The molecule has 2 heterocycles. The third-order valence-electron chi connectivity index (χ3n) is 4.93. The average Bonchev–Trinajstić information content (AvgIpc) is 3.02. The van der Waals surface area contributed by atoms with Crippen molar-refractivity contribution in [3.8, 4) is 5.75 Å². The quantitative estimate of drug-likeness (QED) is 0.865. The molecule has 0 saturated carbocycles. The van der Waals surface area contributed by atoms with Crippen molar-refractivity contribution in [3.05, 3.63) is 45.4 Å². The molecule has 1 aromatic carbocycles. The molecule has 25 heavy (non-hydrogen) atoms. The molecular weight excluding hydrogens is 332 g/mol. The van der Waals surface area contributed by atoms with Crippen LogP contribution in [0, 0.1) is 6.92 Å². The van der Waals surface area contributed by atoms with E-state index in [4.69, 9.17) is 0 Å². The number of likely N-dealkylation sites (tertiary alicyclic amines) is 1. The second kappa shape index (κ2) is 8.00. The van der Waals surface area contributed by atoms with Gasteiger partial charge < -0.3 is 10.0 Å². The van der Waals surface area contributed by atoms with Crippen molar-refractivity contribution < 1.29 is 9.90 Å². The van der Waals surface area contributed by atoms with Crippen molar-refractivity contribution in [1.29, 1.82) is 0 Å². The molecule has 1 aliphatic rings. The molecule has 3 rings (SSSR count). The van der Waals surface area contributed by atoms with Crippen LogP contribution in [0.4, 0.5) is 0 Å². The third kappa shape index (κ3) is 4.21. The second-order valence-electron chi connectivity index (χ2n) is 6.73. The SMILES string of the molecule is CCc1nc(C)c(C(=O)N2CCCC[C@@H]2CCc2ccc(O)cc2)s1. The molecule has 1 saturated heterocycles. The first-order valence-corrected chi connectivity index (χ1v) is 9.95. The Morgan fingerprint density at radius 1 is 1.32 bits per heavy atom. The molecule has 0 spiro atoms. The van der Waals surface area contributed by atoms with E-state index in [0.29, 0.717) is 11.8 Å². The zero-order valence-corrected chi connectivity index (χ0v) is 15.8. The normalized spacial score (nSPS) is 17.7. The summed E-state index contributed by atoms with van der Waals surface area (Å²) in [6.07, 6.45) is 6.11. The van der Waals surface area contributed by atoms with Gasteiger partial charge in [0.2, 0.25) is 0 Å². The Hall–Kier alpha value is -1.88. The van der Waals surface area contributed by atoms with Gasteiger partial charge in [0.1, 0.15) is 10.6 Å². The number of phenolic OH excluding ortho intramolecular Hbond substituents is 1. The van der Waals surface area contributed by atoms with Crippen LogP contribution in [0.5, 0.6) is 5.75 Å². The van der Waals surface area contributed by atoms with Gasteiger partial charge in [0.15, 0.2) is 0 Å². The molecule has 1 atom stereocenters. The highest BCUT2D eigenvalue weighted by Crippen LogP contribution is 2.27. The van der Waals surface area contributed by atoms with Gasteiger partial charge in [0.05, 0.1) is 10.7 Å². The molecule has 0 bridgehead atoms. The van der Waals surface area contributed by atoms with Crippen molar-refractivity contribution in [2.75, 3.05) is 6.54 Å². The van der Waals surface area contributed by atoms with Gasteiger partial charge in [0, 0.05) is 12.6 Å². The average molecular weight is 359 g/mol. The second-order valence-corrected chi connectivity index (χ2v) is 7.81. The number of phenols is 1. The summed E-state index contributed by atoms with van der Waals surface area (Å²) in [7, 11) is 0. The van der Waals surface area contributed by atoms with Crippen molar-refractivity contribution >= 4 is 17.2 Å². The van der Waals surface area contributed by atoms with Crippen LogP contribution in [-0.2, 0) is 12.8 Å². The summed E-state index contributed by atoms with van der Waals surface area (Å²) in [5.41, 5.74) is 2.08. The monoisotopic (exact) mass is 358 g/mol. The summed E-state index contributed by atoms with van der Waals surface area (Å²) in [5, 5.41) is 10.4. The molecule has 0 unspecified atom stereocenters. The number of aromatic nitrogens is 1. The summed E-state index contributed by atoms with van der Waals surface area (Å²) >= 11 is 1.55. The number of benzene rings is 1. The van der Waals surface area contributed by atoms with E-state index in [2.05, 4.69) is 16.8 Å². The number of piperidine rings is 1. The first-order valence-electron chi connectivity index (χ1n) is 9.13. The number of aromatic hydroxyl groups is 1. The predicted octanol–water partition coefficient (Wildman–Crippen LogP) is 4.35. The molecule has 1 aliphatic heterocycles. The van der Waals surface area contributed by atoms with Crippen LogP contribution in [0.1, 0.15) is 58.5 Å². The van der Waals surface area contributed by atoms with E-state index in [1.54, 1.807) is 23.5 Å². The maximum Gasteiger partial charge on any atom is 0.266 e. The van der Waals surface area contributed by atoms with Gasteiger partial charge in [-0.15, -0.1) is 11.3 Å². The Bertz CT molecular complexity index is 724. The number of hydrogen-bond donors (Lipinski definition) is 1. The summed E-state index contributed by atoms with van der Waals surface area (Å²) in [6.45, 7) is 4.87. The first-order chi connectivity index (χ1) is 12.1. The lowest BCUT2D eigenvalue weighted by Gasteiger charge is -2.35. The van der Waals surface area contributed by atoms with Crippen LogP contribution in [-0.4, -0.2) is 33.5 Å². The van der Waals surface area contributed by atoms with Gasteiger partial charge >= 0.3 is 0 Å². The zero-order chi connectivity index (χ0) is 17.8. The van der Waals surface area contributed by atoms with Gasteiger partial charge in [-0.2, -0.15) is 0 Å². The fraction of sp³-hybridized carbons (Fsp3) is 0.500. The Balaban J connectivity index is 1.70. The van der Waals surface area contributed by atoms with Gasteiger partial charge in [-0.1, -0.05) is 19.1 Å². The molecule has 1 amide bonds. The van der Waals surface area contributed by atoms with Gasteiger partial charge in [0.25, 0.3) is 5.91 Å². The van der Waals surface area contributed by atoms with E-state index in [9.17, 15) is 9.90 Å². The molecule has 1 N–H and O–H groups in total. The fourth-order valence-electron chi connectivity index (χ4n) is 3.50. The minimum atomic E-state index is 0.158. The summed E-state index contributed by atoms with van der Waals surface area (Å²) in [4.78, 5) is 20.5. The van der Waals surface area contributed by atoms with Crippen LogP contribution in [0.2, 0.25) is 0 Å². The van der Waals surface area contributed by atoms with E-state index in [0.717, 1.165) is 54.2 Å². The molecule has 5 heteroatoms. The first kappa shape index (κ1) is 17.9. The highest BCUT2D eigenvalue weighted by Gasteiger charge is 2.29. The minimum absolute atomic E-state index is 0.158. The van der Waals surface area contributed by atoms with Crippen molar-refractivity contribution in [3.63, 3.8) is 0 Å².